The largest absolute Gasteiger partial charge is 0.450 e. The minimum Gasteiger partial charge on any atom is -0.450 e. The van der Waals surface area contributed by atoms with Crippen LogP contribution in [0.1, 0.15) is 13.8 Å². The zero-order valence-corrected chi connectivity index (χ0v) is 8.05. The average Bonchev–Trinajstić information content (AvgIpc) is 2.03. The van der Waals surface area contributed by atoms with Crippen molar-refractivity contribution in [3.63, 3.8) is 0 Å². The van der Waals surface area contributed by atoms with Crippen molar-refractivity contribution in [2.24, 2.45) is 0 Å². The number of carbonyl (C=O) groups is 2. The minimum atomic E-state index is -0.424. The zero-order valence-electron chi connectivity index (χ0n) is 8.05. The number of ether oxygens (including phenoxy) is 1. The molecule has 0 aromatic heterocycles. The van der Waals surface area contributed by atoms with Crippen LogP contribution < -0.4 is 10.6 Å². The van der Waals surface area contributed by atoms with Crippen molar-refractivity contribution in [1.29, 1.82) is 0 Å². The lowest BCUT2D eigenvalue weighted by Gasteiger charge is -2.05. The quantitative estimate of drug-likeness (QED) is 0.572. The Kier molecular flexibility index (Phi) is 6.91. The lowest BCUT2D eigenvalue weighted by atomic mass is 10.4. The minimum absolute atomic E-state index is 0.0798. The Morgan fingerprint density at radius 1 is 1.31 bits per heavy atom. The number of rotatable bonds is 6. The number of hydrogen-bond acceptors (Lipinski definition) is 4. The maximum absolute atomic E-state index is 10.7. The summed E-state index contributed by atoms with van der Waals surface area (Å²) in [5.74, 6) is 0.0798. The summed E-state index contributed by atoms with van der Waals surface area (Å²) in [6, 6.07) is 0. The molecule has 0 radical (unpaired) electrons. The molecular formula is C8H16N2O3. The standard InChI is InChI=1S/C8H16N2O3/c1-3-13-8(12)10-5-4-9-6-7(2)11/h9H,3-6H2,1-2H3,(H,10,12). The summed E-state index contributed by atoms with van der Waals surface area (Å²) in [5.41, 5.74) is 0. The maximum Gasteiger partial charge on any atom is 0.407 e. The molecule has 0 bridgehead atoms. The van der Waals surface area contributed by atoms with E-state index < -0.39 is 6.09 Å². The highest BCUT2D eigenvalue weighted by atomic mass is 16.5. The molecule has 0 heterocycles. The van der Waals surface area contributed by atoms with Crippen molar-refractivity contribution >= 4 is 11.9 Å². The van der Waals surface area contributed by atoms with Gasteiger partial charge in [0, 0.05) is 13.1 Å². The van der Waals surface area contributed by atoms with E-state index in [4.69, 9.17) is 0 Å². The molecular weight excluding hydrogens is 172 g/mol. The molecule has 2 N–H and O–H groups in total. The second-order valence-electron chi connectivity index (χ2n) is 2.53. The molecule has 13 heavy (non-hydrogen) atoms. The molecule has 0 spiro atoms. The summed E-state index contributed by atoms with van der Waals surface area (Å²) in [4.78, 5) is 21.2. The van der Waals surface area contributed by atoms with Crippen LogP contribution in [0.4, 0.5) is 4.79 Å². The Morgan fingerprint density at radius 3 is 2.54 bits per heavy atom. The van der Waals surface area contributed by atoms with E-state index in [-0.39, 0.29) is 5.78 Å². The second kappa shape index (κ2) is 7.54. The predicted molar refractivity (Wildman–Crippen MR) is 48.6 cm³/mol. The first-order chi connectivity index (χ1) is 6.16. The van der Waals surface area contributed by atoms with E-state index in [0.717, 1.165) is 0 Å². The van der Waals surface area contributed by atoms with E-state index in [0.29, 0.717) is 26.2 Å². The number of hydrogen-bond donors (Lipinski definition) is 2. The van der Waals surface area contributed by atoms with E-state index in [2.05, 4.69) is 15.4 Å². The number of amides is 1. The van der Waals surface area contributed by atoms with Crippen molar-refractivity contribution < 1.29 is 14.3 Å². The van der Waals surface area contributed by atoms with Crippen molar-refractivity contribution in [1.82, 2.24) is 10.6 Å². The van der Waals surface area contributed by atoms with Gasteiger partial charge in [0.05, 0.1) is 13.2 Å². The molecule has 76 valence electrons. The summed E-state index contributed by atoms with van der Waals surface area (Å²) in [6.45, 7) is 4.99. The van der Waals surface area contributed by atoms with Gasteiger partial charge in [-0.2, -0.15) is 0 Å². The Balaban J connectivity index is 3.16. The maximum atomic E-state index is 10.7. The van der Waals surface area contributed by atoms with Gasteiger partial charge in [-0.3, -0.25) is 4.79 Å². The third kappa shape index (κ3) is 8.81. The molecule has 0 atom stereocenters. The third-order valence-electron chi connectivity index (χ3n) is 1.22. The van der Waals surface area contributed by atoms with Crippen LogP contribution in [-0.2, 0) is 9.53 Å². The van der Waals surface area contributed by atoms with E-state index >= 15 is 0 Å². The van der Waals surface area contributed by atoms with Crippen LogP contribution in [0.25, 0.3) is 0 Å². The number of carbonyl (C=O) groups excluding carboxylic acids is 2. The van der Waals surface area contributed by atoms with E-state index in [1.807, 2.05) is 0 Å². The van der Waals surface area contributed by atoms with Gasteiger partial charge in [0.2, 0.25) is 0 Å². The van der Waals surface area contributed by atoms with Gasteiger partial charge in [0.1, 0.15) is 5.78 Å². The van der Waals surface area contributed by atoms with Crippen molar-refractivity contribution in [3.05, 3.63) is 0 Å². The fourth-order valence-electron chi connectivity index (χ4n) is 0.699. The molecule has 0 aliphatic rings. The lowest BCUT2D eigenvalue weighted by Crippen LogP contribution is -2.33. The molecule has 0 rings (SSSR count). The van der Waals surface area contributed by atoms with Gasteiger partial charge in [-0.15, -0.1) is 0 Å². The van der Waals surface area contributed by atoms with Crippen LogP contribution in [0, 0.1) is 0 Å². The number of Topliss-reactive ketones (excluding diaryl/α,β-unsaturated/α-hetero) is 1. The highest BCUT2D eigenvalue weighted by Crippen LogP contribution is 1.74. The molecule has 0 saturated carbocycles. The highest BCUT2D eigenvalue weighted by molar-refractivity contribution is 5.77. The van der Waals surface area contributed by atoms with Crippen LogP contribution in [0.5, 0.6) is 0 Å². The second-order valence-corrected chi connectivity index (χ2v) is 2.53. The fraction of sp³-hybridized carbons (Fsp3) is 0.750. The molecule has 0 aliphatic heterocycles. The average molecular weight is 188 g/mol. The topological polar surface area (TPSA) is 67.4 Å². The van der Waals surface area contributed by atoms with Gasteiger partial charge in [0.15, 0.2) is 0 Å². The molecule has 0 fully saturated rings. The Hall–Kier alpha value is -1.10. The van der Waals surface area contributed by atoms with Crippen LogP contribution in [-0.4, -0.2) is 38.1 Å². The monoisotopic (exact) mass is 188 g/mol. The summed E-state index contributed by atoms with van der Waals surface area (Å²) in [7, 11) is 0. The van der Waals surface area contributed by atoms with Gasteiger partial charge in [0.25, 0.3) is 0 Å². The normalized spacial score (nSPS) is 9.38. The number of nitrogens with one attached hydrogen (secondary N) is 2. The first-order valence-corrected chi connectivity index (χ1v) is 4.27. The van der Waals surface area contributed by atoms with Gasteiger partial charge < -0.3 is 15.4 Å². The zero-order chi connectivity index (χ0) is 10.1. The Morgan fingerprint density at radius 2 is 2.00 bits per heavy atom. The van der Waals surface area contributed by atoms with Gasteiger partial charge in [-0.05, 0) is 13.8 Å². The highest BCUT2D eigenvalue weighted by Gasteiger charge is 1.97. The lowest BCUT2D eigenvalue weighted by molar-refractivity contribution is -0.116. The molecule has 1 amide bonds. The van der Waals surface area contributed by atoms with Crippen LogP contribution >= 0.6 is 0 Å². The van der Waals surface area contributed by atoms with Crippen LogP contribution in [0.15, 0.2) is 0 Å². The fourth-order valence-corrected chi connectivity index (χ4v) is 0.699. The van der Waals surface area contributed by atoms with E-state index in [1.165, 1.54) is 6.92 Å². The van der Waals surface area contributed by atoms with Crippen molar-refractivity contribution in [3.8, 4) is 0 Å². The third-order valence-corrected chi connectivity index (χ3v) is 1.22. The first-order valence-electron chi connectivity index (χ1n) is 4.27. The van der Waals surface area contributed by atoms with E-state index in [1.54, 1.807) is 6.92 Å². The summed E-state index contributed by atoms with van der Waals surface area (Å²) in [5, 5.41) is 5.38. The molecule has 0 unspecified atom stereocenters. The van der Waals surface area contributed by atoms with E-state index in [9.17, 15) is 9.59 Å². The Bertz CT molecular complexity index is 171. The number of alkyl carbamates (subject to hydrolysis) is 1. The van der Waals surface area contributed by atoms with Crippen LogP contribution in [0.2, 0.25) is 0 Å². The molecule has 5 nitrogen and oxygen atoms in total. The SMILES string of the molecule is CCOC(=O)NCCNCC(C)=O. The Labute approximate surface area is 77.8 Å². The molecule has 0 aliphatic carbocycles. The van der Waals surface area contributed by atoms with Gasteiger partial charge in [-0.25, -0.2) is 4.79 Å². The first kappa shape index (κ1) is 11.9. The van der Waals surface area contributed by atoms with Gasteiger partial charge in [-0.1, -0.05) is 0 Å². The predicted octanol–water partition coefficient (Wildman–Crippen LogP) is -0.0889. The summed E-state index contributed by atoms with van der Waals surface area (Å²) >= 11 is 0. The summed E-state index contributed by atoms with van der Waals surface area (Å²) in [6.07, 6.45) is -0.424. The molecule has 0 saturated heterocycles. The molecule has 0 aromatic rings. The summed E-state index contributed by atoms with van der Waals surface area (Å²) < 4.78 is 4.62. The van der Waals surface area contributed by atoms with Crippen molar-refractivity contribution in [2.45, 2.75) is 13.8 Å². The molecule has 5 heteroatoms. The van der Waals surface area contributed by atoms with Crippen LogP contribution in [0.3, 0.4) is 0 Å². The smallest absolute Gasteiger partial charge is 0.407 e. The van der Waals surface area contributed by atoms with Gasteiger partial charge >= 0.3 is 6.09 Å². The number of ketones is 1. The molecule has 0 aromatic carbocycles. The van der Waals surface area contributed by atoms with Crippen molar-refractivity contribution in [2.75, 3.05) is 26.2 Å².